The summed E-state index contributed by atoms with van der Waals surface area (Å²) >= 11 is 0. The Kier molecular flexibility index (Phi) is 4.43. The number of fused-ring (bicyclic) bond motifs is 1. The summed E-state index contributed by atoms with van der Waals surface area (Å²) in [5.41, 5.74) is 2.23. The molecule has 0 amide bonds. The van der Waals surface area contributed by atoms with Crippen LogP contribution >= 0.6 is 0 Å². The van der Waals surface area contributed by atoms with E-state index in [-0.39, 0.29) is 12.4 Å². The number of phenols is 1. The topological polar surface area (TPSA) is 79.7 Å². The van der Waals surface area contributed by atoms with E-state index in [0.29, 0.717) is 11.3 Å². The van der Waals surface area contributed by atoms with Gasteiger partial charge >= 0.3 is 5.97 Å². The molecular weight excluding hydrogens is 306 g/mol. The Morgan fingerprint density at radius 1 is 1.04 bits per heavy atom. The van der Waals surface area contributed by atoms with Gasteiger partial charge in [-0.2, -0.15) is 0 Å². The van der Waals surface area contributed by atoms with Crippen LogP contribution in [0.25, 0.3) is 23.1 Å². The number of carboxylic acid groups (broad SMARTS) is 1. The highest BCUT2D eigenvalue weighted by Crippen LogP contribution is 2.23. The largest absolute Gasteiger partial charge is 0.506 e. The van der Waals surface area contributed by atoms with E-state index < -0.39 is 5.97 Å². The summed E-state index contributed by atoms with van der Waals surface area (Å²) in [4.78, 5) is 14.9. The van der Waals surface area contributed by atoms with Gasteiger partial charge in [0.25, 0.3) is 0 Å². The van der Waals surface area contributed by atoms with Gasteiger partial charge in [0, 0.05) is 5.39 Å². The second kappa shape index (κ2) is 6.83. The number of rotatable bonds is 5. The van der Waals surface area contributed by atoms with Crippen molar-refractivity contribution in [3.8, 4) is 11.5 Å². The number of hydrogen-bond donors (Lipinski definition) is 2. The quantitative estimate of drug-likeness (QED) is 0.751. The van der Waals surface area contributed by atoms with E-state index in [1.807, 2.05) is 42.5 Å². The van der Waals surface area contributed by atoms with Crippen molar-refractivity contribution in [3.63, 3.8) is 0 Å². The molecule has 3 rings (SSSR count). The molecular formula is C19H15NO4. The van der Waals surface area contributed by atoms with Crippen LogP contribution in [-0.2, 0) is 4.79 Å². The molecule has 0 aliphatic rings. The van der Waals surface area contributed by atoms with Crippen LogP contribution in [0.5, 0.6) is 11.5 Å². The molecule has 0 atom stereocenters. The van der Waals surface area contributed by atoms with Gasteiger partial charge in [-0.25, -0.2) is 9.78 Å². The molecule has 0 saturated carbocycles. The monoisotopic (exact) mass is 321 g/mol. The second-order valence-electron chi connectivity index (χ2n) is 5.17. The minimum absolute atomic E-state index is 0.155. The summed E-state index contributed by atoms with van der Waals surface area (Å²) in [6.07, 6.45) is 3.73. The third kappa shape index (κ3) is 3.70. The maximum absolute atomic E-state index is 10.5. The van der Waals surface area contributed by atoms with E-state index in [0.717, 1.165) is 16.6 Å². The van der Waals surface area contributed by atoms with Crippen molar-refractivity contribution in [3.05, 3.63) is 65.9 Å². The Labute approximate surface area is 138 Å². The number of aromatic nitrogens is 1. The molecule has 5 nitrogen and oxygen atoms in total. The summed E-state index contributed by atoms with van der Waals surface area (Å²) in [6.45, 7) is -0.361. The van der Waals surface area contributed by atoms with Gasteiger partial charge in [-0.15, -0.1) is 0 Å². The predicted molar refractivity (Wildman–Crippen MR) is 91.9 cm³/mol. The van der Waals surface area contributed by atoms with E-state index in [1.165, 1.54) is 0 Å². The highest BCUT2D eigenvalue weighted by atomic mass is 16.5. The lowest BCUT2D eigenvalue weighted by Gasteiger charge is -2.03. The fourth-order valence-corrected chi connectivity index (χ4v) is 2.24. The minimum Gasteiger partial charge on any atom is -0.506 e. The standard InChI is InChI=1S/C19H15NO4/c21-17-3-1-2-14-7-9-15(20-19(14)17)8-4-13-5-10-16(11-6-13)24-12-18(22)23/h1-11,21H,12H2,(H,22,23). The maximum atomic E-state index is 10.5. The number of para-hydroxylation sites is 1. The molecule has 1 aromatic heterocycles. The second-order valence-corrected chi connectivity index (χ2v) is 5.17. The van der Waals surface area contributed by atoms with Crippen molar-refractivity contribution in [1.82, 2.24) is 4.98 Å². The first-order chi connectivity index (χ1) is 11.6. The smallest absolute Gasteiger partial charge is 0.341 e. The molecule has 0 unspecified atom stereocenters. The molecule has 2 N–H and O–H groups in total. The highest BCUT2D eigenvalue weighted by molar-refractivity contribution is 5.85. The van der Waals surface area contributed by atoms with Crippen LogP contribution in [0.2, 0.25) is 0 Å². The molecule has 0 aliphatic heterocycles. The number of benzene rings is 2. The predicted octanol–water partition coefficient (Wildman–Crippen LogP) is 3.57. The van der Waals surface area contributed by atoms with Gasteiger partial charge in [0.1, 0.15) is 17.0 Å². The zero-order chi connectivity index (χ0) is 16.9. The number of aliphatic carboxylic acids is 1. The van der Waals surface area contributed by atoms with Crippen molar-refractivity contribution in [1.29, 1.82) is 0 Å². The van der Waals surface area contributed by atoms with E-state index in [2.05, 4.69) is 4.98 Å². The number of nitrogens with zero attached hydrogens (tertiary/aromatic N) is 1. The molecule has 24 heavy (non-hydrogen) atoms. The Balaban J connectivity index is 1.75. The SMILES string of the molecule is O=C(O)COc1ccc(C=Cc2ccc3cccc(O)c3n2)cc1. The average molecular weight is 321 g/mol. The number of ether oxygens (including phenoxy) is 1. The lowest BCUT2D eigenvalue weighted by atomic mass is 10.1. The van der Waals surface area contributed by atoms with Crippen LogP contribution in [0.3, 0.4) is 0 Å². The first-order valence-electron chi connectivity index (χ1n) is 7.33. The van der Waals surface area contributed by atoms with E-state index in [1.54, 1.807) is 24.3 Å². The summed E-state index contributed by atoms with van der Waals surface area (Å²) in [6, 6.07) is 16.1. The Morgan fingerprint density at radius 2 is 1.83 bits per heavy atom. The Morgan fingerprint density at radius 3 is 2.58 bits per heavy atom. The van der Waals surface area contributed by atoms with Gasteiger partial charge in [0.2, 0.25) is 0 Å². The minimum atomic E-state index is -1.01. The van der Waals surface area contributed by atoms with Crippen molar-refractivity contribution in [2.45, 2.75) is 0 Å². The fourth-order valence-electron chi connectivity index (χ4n) is 2.24. The first kappa shape index (κ1) is 15.6. The van der Waals surface area contributed by atoms with Gasteiger partial charge in [-0.3, -0.25) is 0 Å². The van der Waals surface area contributed by atoms with Crippen LogP contribution in [0.15, 0.2) is 54.6 Å². The van der Waals surface area contributed by atoms with Gasteiger partial charge in [-0.1, -0.05) is 36.4 Å². The van der Waals surface area contributed by atoms with E-state index in [4.69, 9.17) is 9.84 Å². The lowest BCUT2D eigenvalue weighted by Crippen LogP contribution is -2.09. The van der Waals surface area contributed by atoms with E-state index >= 15 is 0 Å². The third-order valence-corrected chi connectivity index (χ3v) is 3.41. The number of phenolic OH excluding ortho intramolecular Hbond substituents is 1. The van der Waals surface area contributed by atoms with Crippen LogP contribution in [0.1, 0.15) is 11.3 Å². The third-order valence-electron chi connectivity index (χ3n) is 3.41. The molecule has 5 heteroatoms. The van der Waals surface area contributed by atoms with Crippen molar-refractivity contribution < 1.29 is 19.7 Å². The lowest BCUT2D eigenvalue weighted by molar-refractivity contribution is -0.139. The normalized spacial score (nSPS) is 11.0. The van der Waals surface area contributed by atoms with Crippen LogP contribution in [0, 0.1) is 0 Å². The summed E-state index contributed by atoms with van der Waals surface area (Å²) < 4.78 is 5.08. The summed E-state index contributed by atoms with van der Waals surface area (Å²) in [7, 11) is 0. The zero-order valence-corrected chi connectivity index (χ0v) is 12.7. The van der Waals surface area contributed by atoms with Gasteiger partial charge < -0.3 is 14.9 Å². The van der Waals surface area contributed by atoms with Crippen molar-refractivity contribution >= 4 is 29.0 Å². The molecule has 0 spiro atoms. The molecule has 1 heterocycles. The molecule has 0 bridgehead atoms. The number of carbonyl (C=O) groups is 1. The average Bonchev–Trinajstić information content (AvgIpc) is 2.59. The Bertz CT molecular complexity index is 901. The summed E-state index contributed by atoms with van der Waals surface area (Å²) in [5, 5.41) is 19.3. The number of carboxylic acids is 1. The van der Waals surface area contributed by atoms with Crippen molar-refractivity contribution in [2.24, 2.45) is 0 Å². The fraction of sp³-hybridized carbons (Fsp3) is 0.0526. The van der Waals surface area contributed by atoms with E-state index in [9.17, 15) is 9.90 Å². The number of aromatic hydroxyl groups is 1. The first-order valence-corrected chi connectivity index (χ1v) is 7.33. The highest BCUT2D eigenvalue weighted by Gasteiger charge is 2.01. The number of pyridine rings is 1. The van der Waals surface area contributed by atoms with Crippen LogP contribution < -0.4 is 4.74 Å². The summed E-state index contributed by atoms with van der Waals surface area (Å²) in [5.74, 6) is -0.351. The molecule has 0 fully saturated rings. The molecule has 2 aromatic carbocycles. The van der Waals surface area contributed by atoms with Gasteiger partial charge in [-0.05, 0) is 35.9 Å². The molecule has 0 saturated heterocycles. The van der Waals surface area contributed by atoms with Crippen LogP contribution in [0.4, 0.5) is 0 Å². The Hall–Kier alpha value is -3.34. The van der Waals surface area contributed by atoms with Crippen LogP contribution in [-0.4, -0.2) is 27.8 Å². The van der Waals surface area contributed by atoms with Gasteiger partial charge in [0.15, 0.2) is 6.61 Å². The molecule has 120 valence electrons. The maximum Gasteiger partial charge on any atom is 0.341 e. The number of hydrogen-bond acceptors (Lipinski definition) is 4. The zero-order valence-electron chi connectivity index (χ0n) is 12.7. The molecule has 0 aliphatic carbocycles. The van der Waals surface area contributed by atoms with Crippen molar-refractivity contribution in [2.75, 3.05) is 6.61 Å². The molecule has 0 radical (unpaired) electrons. The van der Waals surface area contributed by atoms with Gasteiger partial charge in [0.05, 0.1) is 5.69 Å². The molecule has 3 aromatic rings.